The molecule has 192 valence electrons. The number of aliphatic hydroxyl groups is 1. The van der Waals surface area contributed by atoms with Crippen molar-refractivity contribution in [3.63, 3.8) is 0 Å². The molecule has 10 heteroatoms. The van der Waals surface area contributed by atoms with Crippen molar-refractivity contribution < 1.29 is 23.1 Å². The maximum atomic E-state index is 13.4. The highest BCUT2D eigenvalue weighted by Crippen LogP contribution is 2.38. The first-order valence-corrected chi connectivity index (χ1v) is 12.6. The molecule has 0 saturated carbocycles. The van der Waals surface area contributed by atoms with Gasteiger partial charge in [0.1, 0.15) is 5.54 Å². The summed E-state index contributed by atoms with van der Waals surface area (Å²) in [5.74, 6) is -0.382. The smallest absolute Gasteiger partial charge is 0.392 e. The molecule has 2 saturated heterocycles. The number of amides is 1. The molecule has 0 aliphatic carbocycles. The molecule has 35 heavy (non-hydrogen) atoms. The maximum Gasteiger partial charge on any atom is 0.417 e. The summed E-state index contributed by atoms with van der Waals surface area (Å²) in [7, 11) is 0. The van der Waals surface area contributed by atoms with Gasteiger partial charge < -0.3 is 14.9 Å². The highest BCUT2D eigenvalue weighted by molar-refractivity contribution is 7.80. The van der Waals surface area contributed by atoms with Gasteiger partial charge in [-0.25, -0.2) is 0 Å². The average molecular weight is 511 g/mol. The quantitative estimate of drug-likeness (QED) is 0.364. The molecule has 1 atom stereocenters. The van der Waals surface area contributed by atoms with Crippen LogP contribution in [0.15, 0.2) is 18.2 Å². The van der Waals surface area contributed by atoms with Crippen molar-refractivity contribution in [3.8, 4) is 6.07 Å². The van der Waals surface area contributed by atoms with Gasteiger partial charge in [-0.15, -0.1) is 0 Å². The maximum absolute atomic E-state index is 13.4. The lowest BCUT2D eigenvalue weighted by atomic mass is 10.0. The van der Waals surface area contributed by atoms with Gasteiger partial charge in [0.25, 0.3) is 5.91 Å². The van der Waals surface area contributed by atoms with Gasteiger partial charge in [0, 0.05) is 19.6 Å². The van der Waals surface area contributed by atoms with Gasteiger partial charge >= 0.3 is 6.18 Å². The molecule has 6 nitrogen and oxygen atoms in total. The van der Waals surface area contributed by atoms with Gasteiger partial charge in [-0.05, 0) is 70.1 Å². The zero-order valence-electron chi connectivity index (χ0n) is 20.3. The Kier molecular flexibility index (Phi) is 8.78. The number of unbranched alkanes of at least 4 members (excludes halogenated alkanes) is 5. The third-order valence-corrected chi connectivity index (χ3v) is 7.27. The van der Waals surface area contributed by atoms with Crippen LogP contribution in [-0.2, 0) is 11.0 Å². The first kappa shape index (κ1) is 27.4. The van der Waals surface area contributed by atoms with Crippen LogP contribution in [0.5, 0.6) is 0 Å². The van der Waals surface area contributed by atoms with Crippen LogP contribution in [0, 0.1) is 11.3 Å². The van der Waals surface area contributed by atoms with Gasteiger partial charge in [0.15, 0.2) is 5.11 Å². The molecular formula is C25H33F3N4O2S. The van der Waals surface area contributed by atoms with Gasteiger partial charge in [-0.2, -0.15) is 18.4 Å². The zero-order valence-corrected chi connectivity index (χ0v) is 21.1. The Hall–Kier alpha value is -2.22. The number of hydrogen-bond acceptors (Lipinski definition) is 5. The molecule has 2 aliphatic rings. The number of carbonyl (C=O) groups is 1. The predicted molar refractivity (Wildman–Crippen MR) is 132 cm³/mol. The fourth-order valence-electron chi connectivity index (χ4n) is 4.77. The van der Waals surface area contributed by atoms with Crippen molar-refractivity contribution >= 4 is 28.9 Å². The molecule has 2 fully saturated rings. The van der Waals surface area contributed by atoms with Crippen LogP contribution < -0.4 is 4.90 Å². The molecule has 0 bridgehead atoms. The summed E-state index contributed by atoms with van der Waals surface area (Å²) in [5, 5.41) is 18.8. The van der Waals surface area contributed by atoms with Crippen molar-refractivity contribution in [1.29, 1.82) is 5.26 Å². The molecule has 2 heterocycles. The summed E-state index contributed by atoms with van der Waals surface area (Å²) < 4.78 is 40.3. The number of hydrogen-bond donors (Lipinski definition) is 1. The number of thiocarbonyl (C=S) groups is 1. The minimum Gasteiger partial charge on any atom is -0.392 e. The Bertz CT molecular complexity index is 976. The van der Waals surface area contributed by atoms with E-state index in [0.29, 0.717) is 6.54 Å². The molecule has 1 aromatic rings. The van der Waals surface area contributed by atoms with Gasteiger partial charge in [-0.1, -0.05) is 25.7 Å². The lowest BCUT2D eigenvalue weighted by Crippen LogP contribution is -2.44. The summed E-state index contributed by atoms with van der Waals surface area (Å²) in [4.78, 5) is 18.4. The topological polar surface area (TPSA) is 70.8 Å². The summed E-state index contributed by atoms with van der Waals surface area (Å²) in [6, 6.07) is 4.79. The van der Waals surface area contributed by atoms with E-state index in [4.69, 9.17) is 17.5 Å². The van der Waals surface area contributed by atoms with Crippen LogP contribution in [0.25, 0.3) is 0 Å². The molecular weight excluding hydrogens is 477 g/mol. The van der Waals surface area contributed by atoms with E-state index in [0.717, 1.165) is 81.6 Å². The van der Waals surface area contributed by atoms with Crippen molar-refractivity contribution in [2.75, 3.05) is 31.1 Å². The first-order valence-electron chi connectivity index (χ1n) is 12.1. The Morgan fingerprint density at radius 1 is 1.14 bits per heavy atom. The molecule has 1 aromatic carbocycles. The minimum absolute atomic E-state index is 0.0208. The SMILES string of the molecule is CC1(C)C(=O)N(c2ccc(C#N)c(C(F)(F)F)c2)C(=S)N1CCCCCCCCN1CCC(O)C1. The average Bonchev–Trinajstić information content (AvgIpc) is 3.28. The Morgan fingerprint density at radius 2 is 1.77 bits per heavy atom. The third kappa shape index (κ3) is 6.32. The van der Waals surface area contributed by atoms with Crippen LogP contribution in [0.1, 0.15) is 69.9 Å². The van der Waals surface area contributed by atoms with Crippen molar-refractivity contribution in [3.05, 3.63) is 29.3 Å². The number of halogens is 3. The molecule has 1 amide bonds. The molecule has 0 spiro atoms. The van der Waals surface area contributed by atoms with E-state index in [1.165, 1.54) is 6.07 Å². The Morgan fingerprint density at radius 3 is 2.34 bits per heavy atom. The first-order chi connectivity index (χ1) is 16.5. The molecule has 0 aromatic heterocycles. The monoisotopic (exact) mass is 510 g/mol. The number of nitrogens with zero attached hydrogens (tertiary/aromatic N) is 4. The second-order valence-corrected chi connectivity index (χ2v) is 10.2. The number of carbonyl (C=O) groups excluding carboxylic acids is 1. The third-order valence-electron chi connectivity index (χ3n) is 6.86. The molecule has 1 unspecified atom stereocenters. The number of β-amino-alcohol motifs (C(OH)–C–C–N with tert-alkyl or cyclic N) is 1. The van der Waals surface area contributed by atoms with E-state index in [2.05, 4.69) is 4.90 Å². The number of likely N-dealkylation sites (tertiary alicyclic amines) is 1. The molecule has 2 aliphatic heterocycles. The number of aliphatic hydroxyl groups excluding tert-OH is 1. The number of rotatable bonds is 10. The van der Waals surface area contributed by atoms with Crippen molar-refractivity contribution in [2.24, 2.45) is 0 Å². The minimum atomic E-state index is -4.71. The molecule has 3 rings (SSSR count). The van der Waals surface area contributed by atoms with Crippen LogP contribution in [0.2, 0.25) is 0 Å². The van der Waals surface area contributed by atoms with E-state index in [1.54, 1.807) is 24.8 Å². The van der Waals surface area contributed by atoms with Crippen molar-refractivity contribution in [2.45, 2.75) is 76.6 Å². The van der Waals surface area contributed by atoms with Gasteiger partial charge in [0.05, 0.1) is 29.0 Å². The highest BCUT2D eigenvalue weighted by atomic mass is 32.1. The standard InChI is InChI=1S/C25H33F3N4O2S/c1-24(2)22(34)32(19-10-9-18(16-29)21(15-19)25(26,27)28)23(35)31(24)13-8-6-4-3-5-7-12-30-14-11-20(33)17-30/h9-10,15,20,33H,3-8,11-14,17H2,1-2H3. The number of benzene rings is 1. The highest BCUT2D eigenvalue weighted by Gasteiger charge is 2.49. The second kappa shape index (κ2) is 11.2. The lowest BCUT2D eigenvalue weighted by Gasteiger charge is -2.29. The van der Waals surface area contributed by atoms with E-state index in [1.807, 2.05) is 0 Å². The van der Waals surface area contributed by atoms with Gasteiger partial charge in [0.2, 0.25) is 0 Å². The lowest BCUT2D eigenvalue weighted by molar-refractivity contribution is -0.137. The van der Waals surface area contributed by atoms with Crippen LogP contribution in [-0.4, -0.2) is 63.7 Å². The molecule has 0 radical (unpaired) electrons. The number of alkyl halides is 3. The van der Waals surface area contributed by atoms with E-state index in [-0.39, 0.29) is 22.8 Å². The Labute approximate surface area is 210 Å². The normalized spacial score (nSPS) is 20.7. The van der Waals surface area contributed by atoms with Gasteiger partial charge in [-0.3, -0.25) is 9.69 Å². The van der Waals surface area contributed by atoms with Crippen LogP contribution in [0.4, 0.5) is 18.9 Å². The van der Waals surface area contributed by atoms with Crippen LogP contribution in [0.3, 0.4) is 0 Å². The predicted octanol–water partition coefficient (Wildman–Crippen LogP) is 4.70. The summed E-state index contributed by atoms with van der Waals surface area (Å²) in [5.41, 5.74) is -2.52. The summed E-state index contributed by atoms with van der Waals surface area (Å²) in [6.07, 6.45) is 2.19. The van der Waals surface area contributed by atoms with E-state index in [9.17, 15) is 23.1 Å². The Balaban J connectivity index is 1.52. The number of anilines is 1. The molecule has 1 N–H and O–H groups in total. The zero-order chi connectivity index (χ0) is 25.8. The van der Waals surface area contributed by atoms with Crippen LogP contribution >= 0.6 is 12.2 Å². The largest absolute Gasteiger partial charge is 0.417 e. The van der Waals surface area contributed by atoms with Crippen molar-refractivity contribution in [1.82, 2.24) is 9.80 Å². The van der Waals surface area contributed by atoms with E-state index >= 15 is 0 Å². The second-order valence-electron chi connectivity index (χ2n) is 9.84. The fourth-order valence-corrected chi connectivity index (χ4v) is 5.28. The summed E-state index contributed by atoms with van der Waals surface area (Å²) >= 11 is 5.53. The summed E-state index contributed by atoms with van der Waals surface area (Å²) in [6.45, 7) is 6.78. The fraction of sp³-hybridized carbons (Fsp3) is 0.640. The van der Waals surface area contributed by atoms with E-state index < -0.39 is 22.8 Å². The number of nitriles is 1.